The molecular formula is C62H73BBr2Cl5I2N17O4. The van der Waals surface area contributed by atoms with Crippen LogP contribution >= 0.6 is 136 Å². The largest absolute Gasteiger partial charge is 0.494 e. The number of carbonyl (C=O) groups excluding carboxylic acids is 2. The summed E-state index contributed by atoms with van der Waals surface area (Å²) in [5.41, 5.74) is 13.4. The van der Waals surface area contributed by atoms with E-state index in [1.54, 1.807) is 67.2 Å². The van der Waals surface area contributed by atoms with Crippen molar-refractivity contribution in [1.29, 1.82) is 0 Å². The Labute approximate surface area is 611 Å². The molecule has 0 radical (unpaired) electrons. The van der Waals surface area contributed by atoms with E-state index < -0.39 is 0 Å². The van der Waals surface area contributed by atoms with E-state index >= 15 is 0 Å². The predicted molar refractivity (Wildman–Crippen MR) is 399 cm³/mol. The fourth-order valence-corrected chi connectivity index (χ4v) is 11.2. The number of amides is 2. The summed E-state index contributed by atoms with van der Waals surface area (Å²) in [4.78, 5) is 41.1. The average Bonchev–Trinajstić information content (AvgIpc) is 1.66. The fourth-order valence-electron chi connectivity index (χ4n) is 8.22. The van der Waals surface area contributed by atoms with Crippen molar-refractivity contribution in [3.05, 3.63) is 152 Å². The third kappa shape index (κ3) is 21.1. The number of fused-ring (bicyclic) bond motifs is 4. The molecule has 2 amide bonds. The lowest BCUT2D eigenvalue weighted by atomic mass is 9.79. The van der Waals surface area contributed by atoms with Gasteiger partial charge in [-0.15, -0.1) is 12.4 Å². The van der Waals surface area contributed by atoms with E-state index in [1.165, 1.54) is 0 Å². The maximum Gasteiger partial charge on any atom is 0.494 e. The SMILES string of the molecule is CC(C)CN.CC(C)CNc1cc(Cl)nn2c(-c3ccc(C(=O)NC4CC4)cc3)cnc12.CC(C)CNc1cc(Cl)nn2c(I)cnc12.CC1(C)OB(c2ccc(C(=O)NC3CC3)cc2)OC1(C)C.Cl.Clc1cc(Br)c2ncc(I)n2n1.Clc1cc(Br)c2nccn2n1. The van der Waals surface area contributed by atoms with Gasteiger partial charge in [0.05, 0.1) is 55.8 Å². The van der Waals surface area contributed by atoms with Crippen molar-refractivity contribution in [2.75, 3.05) is 30.3 Å². The molecule has 2 saturated carbocycles. The summed E-state index contributed by atoms with van der Waals surface area (Å²) in [7, 11) is -0.379. The first kappa shape index (κ1) is 75.7. The Morgan fingerprint density at radius 3 is 1.48 bits per heavy atom. The van der Waals surface area contributed by atoms with Crippen molar-refractivity contribution in [2.45, 2.75) is 118 Å². The molecule has 93 heavy (non-hydrogen) atoms. The molecule has 2 aliphatic carbocycles. The van der Waals surface area contributed by atoms with Crippen LogP contribution in [0.5, 0.6) is 0 Å². The predicted octanol–water partition coefficient (Wildman–Crippen LogP) is 14.9. The number of imidazole rings is 4. The van der Waals surface area contributed by atoms with Gasteiger partial charge in [-0.3, -0.25) is 9.59 Å². The molecule has 10 aromatic rings. The molecule has 2 aromatic carbocycles. The second-order valence-electron chi connectivity index (χ2n) is 24.1. The Morgan fingerprint density at radius 1 is 0.602 bits per heavy atom. The van der Waals surface area contributed by atoms with Crippen LogP contribution < -0.4 is 32.5 Å². The molecule has 0 unspecified atom stereocenters. The first-order valence-corrected chi connectivity index (χ1v) is 35.0. The Kier molecular flexibility index (Phi) is 27.6. The summed E-state index contributed by atoms with van der Waals surface area (Å²) >= 11 is 34.6. The number of rotatable bonds is 13. The van der Waals surface area contributed by atoms with Crippen LogP contribution in [0.15, 0.2) is 113 Å². The van der Waals surface area contributed by atoms with Crippen LogP contribution in [0.25, 0.3) is 33.8 Å². The highest BCUT2D eigenvalue weighted by Gasteiger charge is 2.51. The van der Waals surface area contributed by atoms with Gasteiger partial charge in [0, 0.05) is 66.4 Å². The number of hydrogen-bond donors (Lipinski definition) is 5. The van der Waals surface area contributed by atoms with Gasteiger partial charge in [0.25, 0.3) is 11.8 Å². The second-order valence-corrected chi connectivity index (χ2v) is 29.5. The Bertz CT molecular complexity index is 4140. The van der Waals surface area contributed by atoms with E-state index in [0.717, 1.165) is 112 Å². The zero-order valence-corrected chi connectivity index (χ0v) is 64.1. The number of anilines is 2. The number of nitrogens with one attached hydrogen (secondary N) is 4. The van der Waals surface area contributed by atoms with Crippen molar-refractivity contribution in [3.63, 3.8) is 0 Å². The van der Waals surface area contributed by atoms with E-state index in [9.17, 15) is 9.59 Å². The van der Waals surface area contributed by atoms with Gasteiger partial charge in [0.15, 0.2) is 43.2 Å². The third-order valence-corrected chi connectivity index (χ3v) is 17.7. The fraction of sp³-hybridized carbons (Fsp3) is 0.387. The highest BCUT2D eigenvalue weighted by molar-refractivity contribution is 14.1. The first-order valence-electron chi connectivity index (χ1n) is 29.7. The van der Waals surface area contributed by atoms with Crippen molar-refractivity contribution in [1.82, 2.24) is 69.0 Å². The molecule has 0 atom stereocenters. The lowest BCUT2D eigenvalue weighted by Gasteiger charge is -2.32. The number of hydrogen-bond acceptors (Lipinski definition) is 15. The summed E-state index contributed by atoms with van der Waals surface area (Å²) in [6.07, 6.45) is 13.0. The Hall–Kier alpha value is -4.73. The molecule has 3 aliphatic rings. The maximum absolute atomic E-state index is 12.2. The van der Waals surface area contributed by atoms with Crippen molar-refractivity contribution < 1.29 is 18.9 Å². The van der Waals surface area contributed by atoms with Crippen molar-refractivity contribution >= 4 is 194 Å². The Balaban J connectivity index is 0.000000167. The monoisotopic (exact) mass is 1720 g/mol. The topological polar surface area (TPSA) is 248 Å². The van der Waals surface area contributed by atoms with E-state index in [-0.39, 0.29) is 42.5 Å². The standard InChI is InChI=1S/C20H22ClN5O.C16H22BNO3.C10H12ClIN4.C6H2BrClIN3.C6H3BrClN3.C4H11N.ClH/c1-12(2)10-22-16-9-18(21)25-26-17(11-23-19(16)26)13-3-5-14(6-4-13)20(27)24-15-7-8-15;1-15(2)16(3,4)21-17(20-15)12-7-5-11(6-8-12)14(19)18-13-9-10-13;1-6(2)4-13-7-3-8(11)15-16-9(12)5-14-10(7)16;7-3-1-4(8)11-12-5(9)2-10-6(3)12;7-4-3-5(8)10-11-2-1-9-6(4)11;1-4(2)3-5;/h3-6,9,11-12,15,22H,7-8,10H2,1-2H3,(H,24,27);5-8,13H,9-10H2,1-4H3,(H,18,19);3,5-6,13H,4H2,1-2H3;1-2H;1-3H;4H,3,5H2,1-2H3;1H. The first-order chi connectivity index (χ1) is 43.6. The zero-order chi connectivity index (χ0) is 66.8. The molecular weight excluding hydrogens is 1650 g/mol. The summed E-state index contributed by atoms with van der Waals surface area (Å²) in [5, 5.41) is 31.1. The van der Waals surface area contributed by atoms with Crippen LogP contribution in [0, 0.1) is 25.2 Å². The molecule has 496 valence electrons. The van der Waals surface area contributed by atoms with Gasteiger partial charge in [-0.25, -0.2) is 38.0 Å². The molecule has 1 aliphatic heterocycles. The minimum atomic E-state index is -0.379. The minimum absolute atomic E-state index is 0. The van der Waals surface area contributed by atoms with Crippen LogP contribution in [-0.4, -0.2) is 120 Å². The molecule has 0 bridgehead atoms. The lowest BCUT2D eigenvalue weighted by Crippen LogP contribution is -2.41. The third-order valence-electron chi connectivity index (χ3n) is 14.3. The normalized spacial score (nSPS) is 14.4. The molecule has 13 rings (SSSR count). The van der Waals surface area contributed by atoms with Crippen molar-refractivity contribution in [3.8, 4) is 11.3 Å². The van der Waals surface area contributed by atoms with Crippen LogP contribution in [0.1, 0.15) is 116 Å². The number of aromatic nitrogens is 12. The van der Waals surface area contributed by atoms with Crippen LogP contribution in [0.3, 0.4) is 0 Å². The van der Waals surface area contributed by atoms with Gasteiger partial charge in [0.1, 0.15) is 7.40 Å². The van der Waals surface area contributed by atoms with E-state index in [4.69, 9.17) is 61.4 Å². The van der Waals surface area contributed by atoms with Crippen LogP contribution in [-0.2, 0) is 9.31 Å². The van der Waals surface area contributed by atoms with Crippen molar-refractivity contribution in [2.24, 2.45) is 23.5 Å². The number of nitrogens with two attached hydrogens (primary N) is 1. The van der Waals surface area contributed by atoms with E-state index in [0.29, 0.717) is 61.6 Å². The summed E-state index contributed by atoms with van der Waals surface area (Å²) in [6, 6.07) is 22.7. The molecule has 1 saturated heterocycles. The maximum atomic E-state index is 12.2. The molecule has 3 fully saturated rings. The number of halogens is 9. The summed E-state index contributed by atoms with van der Waals surface area (Å²) in [6.45, 7) is 23.4. The van der Waals surface area contributed by atoms with Crippen LogP contribution in [0.4, 0.5) is 11.4 Å². The minimum Gasteiger partial charge on any atom is -0.399 e. The molecule has 31 heteroatoms. The molecule has 6 N–H and O–H groups in total. The summed E-state index contributed by atoms with van der Waals surface area (Å²) < 4.78 is 22.4. The van der Waals surface area contributed by atoms with E-state index in [1.807, 2.05) is 82.3 Å². The molecule has 0 spiro atoms. The highest BCUT2D eigenvalue weighted by atomic mass is 127. The number of carbonyl (C=O) groups is 2. The van der Waals surface area contributed by atoms with Gasteiger partial charge >= 0.3 is 7.12 Å². The smallest absolute Gasteiger partial charge is 0.399 e. The van der Waals surface area contributed by atoms with Crippen LogP contribution in [0.2, 0.25) is 20.6 Å². The number of nitrogens with zero attached hydrogens (tertiary/aromatic N) is 12. The number of benzene rings is 2. The quantitative estimate of drug-likeness (QED) is 0.0532. The molecule has 9 heterocycles. The van der Waals surface area contributed by atoms with Gasteiger partial charge in [-0.05, 0) is 197 Å². The average molecular weight is 1720 g/mol. The van der Waals surface area contributed by atoms with Gasteiger partial charge in [-0.1, -0.05) is 112 Å². The van der Waals surface area contributed by atoms with E-state index in [2.05, 4.69) is 180 Å². The second kappa shape index (κ2) is 34.0. The van der Waals surface area contributed by atoms with Gasteiger partial charge in [-0.2, -0.15) is 20.4 Å². The lowest BCUT2D eigenvalue weighted by molar-refractivity contribution is 0.00578. The molecule has 21 nitrogen and oxygen atoms in total. The Morgan fingerprint density at radius 2 is 1.01 bits per heavy atom. The van der Waals surface area contributed by atoms with Gasteiger partial charge in [0.2, 0.25) is 0 Å². The summed E-state index contributed by atoms with van der Waals surface area (Å²) in [5.74, 6) is 1.71. The zero-order valence-electron chi connectivity index (χ0n) is 52.7. The highest BCUT2D eigenvalue weighted by Crippen LogP contribution is 2.37. The van der Waals surface area contributed by atoms with Gasteiger partial charge < -0.3 is 36.3 Å². The molecule has 8 aromatic heterocycles.